The largest absolute Gasteiger partial charge is 0.481 e. The molecule has 0 saturated heterocycles. The summed E-state index contributed by atoms with van der Waals surface area (Å²) in [6.45, 7) is 3.83. The van der Waals surface area contributed by atoms with Crippen LogP contribution in [0.5, 0.6) is 5.75 Å². The Morgan fingerprint density at radius 1 is 1.19 bits per heavy atom. The summed E-state index contributed by atoms with van der Waals surface area (Å²) in [6.07, 6.45) is 3.80. The van der Waals surface area contributed by atoms with Crippen LogP contribution in [0.3, 0.4) is 0 Å². The quantitative estimate of drug-likeness (QED) is 0.467. The number of aryl methyl sites for hydroxylation is 1. The van der Waals surface area contributed by atoms with Gasteiger partial charge in [-0.2, -0.15) is 0 Å². The lowest BCUT2D eigenvalue weighted by molar-refractivity contribution is 0.180. The smallest absolute Gasteiger partial charge is 0.277 e. The summed E-state index contributed by atoms with van der Waals surface area (Å²) in [6, 6.07) is 15.6. The molecular formula is C20H19ClN2O2S. The predicted octanol–water partition coefficient (Wildman–Crippen LogP) is 5.98. The number of benzene rings is 2. The van der Waals surface area contributed by atoms with Crippen molar-refractivity contribution in [3.8, 4) is 5.75 Å². The van der Waals surface area contributed by atoms with Crippen molar-refractivity contribution in [3.63, 3.8) is 0 Å². The normalized spacial score (nSPS) is 12.4. The molecule has 0 N–H and O–H groups in total. The number of nitrogens with zero attached hydrogens (tertiary/aromatic N) is 2. The molecule has 0 bridgehead atoms. The van der Waals surface area contributed by atoms with E-state index in [0.717, 1.165) is 17.1 Å². The zero-order valence-electron chi connectivity index (χ0n) is 14.6. The van der Waals surface area contributed by atoms with Gasteiger partial charge in [-0.05, 0) is 43.2 Å². The Balaban J connectivity index is 1.54. The zero-order chi connectivity index (χ0) is 18.4. The second kappa shape index (κ2) is 8.92. The fourth-order valence-corrected chi connectivity index (χ4v) is 3.10. The maximum absolute atomic E-state index is 5.97. The van der Waals surface area contributed by atoms with E-state index in [1.807, 2.05) is 44.2 Å². The first-order valence-corrected chi connectivity index (χ1v) is 9.59. The van der Waals surface area contributed by atoms with Gasteiger partial charge in [0.25, 0.3) is 11.1 Å². The van der Waals surface area contributed by atoms with Gasteiger partial charge in [-0.1, -0.05) is 65.8 Å². The van der Waals surface area contributed by atoms with Crippen molar-refractivity contribution in [2.75, 3.05) is 5.75 Å². The maximum atomic E-state index is 5.97. The van der Waals surface area contributed by atoms with Gasteiger partial charge in [0.15, 0.2) is 6.10 Å². The Morgan fingerprint density at radius 2 is 2.00 bits per heavy atom. The zero-order valence-corrected chi connectivity index (χ0v) is 16.1. The maximum Gasteiger partial charge on any atom is 0.277 e. The standard InChI is InChI=1S/C20H19ClN2O2S/c1-14-13-17(21)10-11-18(14)24-15(2)19-22-23-20(25-19)26-12-6-9-16-7-4-3-5-8-16/h3-11,13,15H,12H2,1-2H3/b9-6+. The minimum atomic E-state index is -0.336. The van der Waals surface area contributed by atoms with Crippen molar-refractivity contribution >= 4 is 29.4 Å². The molecule has 0 aliphatic carbocycles. The molecule has 2 aromatic carbocycles. The molecule has 6 heteroatoms. The molecule has 0 aliphatic heterocycles. The van der Waals surface area contributed by atoms with Gasteiger partial charge in [0.1, 0.15) is 5.75 Å². The molecule has 0 aliphatic rings. The van der Waals surface area contributed by atoms with E-state index in [1.165, 1.54) is 17.3 Å². The minimum Gasteiger partial charge on any atom is -0.481 e. The lowest BCUT2D eigenvalue weighted by Gasteiger charge is -2.13. The molecule has 3 rings (SSSR count). The van der Waals surface area contributed by atoms with E-state index in [4.69, 9.17) is 20.8 Å². The van der Waals surface area contributed by atoms with Crippen molar-refractivity contribution in [1.82, 2.24) is 10.2 Å². The number of ether oxygens (including phenoxy) is 1. The third-order valence-corrected chi connectivity index (χ3v) is 4.63. The predicted molar refractivity (Wildman–Crippen MR) is 106 cm³/mol. The molecule has 0 saturated carbocycles. The Morgan fingerprint density at radius 3 is 2.77 bits per heavy atom. The molecule has 1 aromatic heterocycles. The van der Waals surface area contributed by atoms with Crippen LogP contribution < -0.4 is 4.74 Å². The lowest BCUT2D eigenvalue weighted by Crippen LogP contribution is -2.04. The Kier molecular flexibility index (Phi) is 6.36. The number of thioether (sulfide) groups is 1. The number of hydrogen-bond donors (Lipinski definition) is 0. The van der Waals surface area contributed by atoms with Crippen LogP contribution in [-0.4, -0.2) is 16.0 Å². The van der Waals surface area contributed by atoms with Crippen LogP contribution >= 0.6 is 23.4 Å². The van der Waals surface area contributed by atoms with Gasteiger partial charge in [-0.15, -0.1) is 10.2 Å². The molecule has 3 aromatic rings. The summed E-state index contributed by atoms with van der Waals surface area (Å²) in [5.41, 5.74) is 2.13. The first kappa shape index (κ1) is 18.5. The molecule has 4 nitrogen and oxygen atoms in total. The van der Waals surface area contributed by atoms with Crippen LogP contribution in [-0.2, 0) is 0 Å². The fraction of sp³-hybridized carbons (Fsp3) is 0.200. The Labute approximate surface area is 162 Å². The van der Waals surface area contributed by atoms with Gasteiger partial charge in [0.05, 0.1) is 0 Å². The van der Waals surface area contributed by atoms with Crippen LogP contribution in [0.2, 0.25) is 5.02 Å². The molecule has 0 radical (unpaired) electrons. The lowest BCUT2D eigenvalue weighted by atomic mass is 10.2. The molecule has 1 unspecified atom stereocenters. The van der Waals surface area contributed by atoms with Gasteiger partial charge >= 0.3 is 0 Å². The van der Waals surface area contributed by atoms with E-state index in [1.54, 1.807) is 6.07 Å². The summed E-state index contributed by atoms with van der Waals surface area (Å²) < 4.78 is 11.6. The molecular weight excluding hydrogens is 368 g/mol. The summed E-state index contributed by atoms with van der Waals surface area (Å²) in [4.78, 5) is 0. The van der Waals surface area contributed by atoms with E-state index in [2.05, 4.69) is 34.5 Å². The Bertz CT molecular complexity index is 881. The van der Waals surface area contributed by atoms with Crippen LogP contribution in [0.4, 0.5) is 0 Å². The molecule has 0 spiro atoms. The van der Waals surface area contributed by atoms with Gasteiger partial charge in [0.2, 0.25) is 0 Å². The summed E-state index contributed by atoms with van der Waals surface area (Å²) in [5.74, 6) is 1.95. The number of rotatable bonds is 7. The van der Waals surface area contributed by atoms with Crippen molar-refractivity contribution < 1.29 is 9.15 Å². The highest BCUT2D eigenvalue weighted by molar-refractivity contribution is 7.99. The van der Waals surface area contributed by atoms with Gasteiger partial charge in [0, 0.05) is 10.8 Å². The fourth-order valence-electron chi connectivity index (χ4n) is 2.30. The van der Waals surface area contributed by atoms with Crippen LogP contribution in [0.15, 0.2) is 64.2 Å². The number of aromatic nitrogens is 2. The van der Waals surface area contributed by atoms with Crippen molar-refractivity contribution in [3.05, 3.63) is 76.6 Å². The number of halogens is 1. The summed E-state index contributed by atoms with van der Waals surface area (Å²) in [5, 5.41) is 9.37. The number of hydrogen-bond acceptors (Lipinski definition) is 5. The van der Waals surface area contributed by atoms with E-state index < -0.39 is 0 Å². The van der Waals surface area contributed by atoms with Gasteiger partial charge in [-0.3, -0.25) is 0 Å². The van der Waals surface area contributed by atoms with Gasteiger partial charge in [-0.25, -0.2) is 0 Å². The highest BCUT2D eigenvalue weighted by Gasteiger charge is 2.16. The average Bonchev–Trinajstić information content (AvgIpc) is 3.11. The molecule has 134 valence electrons. The van der Waals surface area contributed by atoms with Crippen LogP contribution in [0.1, 0.15) is 30.0 Å². The molecule has 0 fully saturated rings. The van der Waals surface area contributed by atoms with Crippen molar-refractivity contribution in [1.29, 1.82) is 0 Å². The molecule has 0 amide bonds. The van der Waals surface area contributed by atoms with E-state index >= 15 is 0 Å². The van der Waals surface area contributed by atoms with Crippen LogP contribution in [0, 0.1) is 6.92 Å². The van der Waals surface area contributed by atoms with Crippen molar-refractivity contribution in [2.24, 2.45) is 0 Å². The van der Waals surface area contributed by atoms with E-state index in [9.17, 15) is 0 Å². The molecule has 1 heterocycles. The average molecular weight is 387 g/mol. The second-order valence-electron chi connectivity index (χ2n) is 5.70. The third kappa shape index (κ3) is 5.13. The summed E-state index contributed by atoms with van der Waals surface area (Å²) >= 11 is 7.46. The van der Waals surface area contributed by atoms with Gasteiger partial charge < -0.3 is 9.15 Å². The minimum absolute atomic E-state index is 0.336. The first-order chi connectivity index (χ1) is 12.6. The highest BCUT2D eigenvalue weighted by Crippen LogP contribution is 2.28. The van der Waals surface area contributed by atoms with E-state index in [0.29, 0.717) is 16.1 Å². The van der Waals surface area contributed by atoms with Crippen LogP contribution in [0.25, 0.3) is 6.08 Å². The second-order valence-corrected chi connectivity index (χ2v) is 7.11. The highest BCUT2D eigenvalue weighted by atomic mass is 35.5. The van der Waals surface area contributed by atoms with Crippen molar-refractivity contribution in [2.45, 2.75) is 25.2 Å². The van der Waals surface area contributed by atoms with E-state index in [-0.39, 0.29) is 6.10 Å². The first-order valence-electron chi connectivity index (χ1n) is 8.22. The monoisotopic (exact) mass is 386 g/mol. The Hall–Kier alpha value is -2.24. The summed E-state index contributed by atoms with van der Waals surface area (Å²) in [7, 11) is 0. The SMILES string of the molecule is Cc1cc(Cl)ccc1OC(C)c1nnc(SC/C=C/c2ccccc2)o1. The molecule has 26 heavy (non-hydrogen) atoms. The third-order valence-electron chi connectivity index (χ3n) is 3.62. The molecule has 1 atom stereocenters. The topological polar surface area (TPSA) is 48.2 Å².